The number of nitrogens with one attached hydrogen (secondary N) is 1. The lowest BCUT2D eigenvalue weighted by Crippen LogP contribution is -2.33. The number of amides is 1. The molecule has 1 fully saturated rings. The smallest absolute Gasteiger partial charge is 0.268 e. The third-order valence-corrected chi connectivity index (χ3v) is 4.26. The molecule has 3 rings (SSSR count). The molecule has 0 aromatic carbocycles. The van der Waals surface area contributed by atoms with Gasteiger partial charge in [-0.1, -0.05) is 19.0 Å². The zero-order valence-electron chi connectivity index (χ0n) is 12.8. The Morgan fingerprint density at radius 2 is 2.23 bits per heavy atom. The van der Waals surface area contributed by atoms with E-state index in [1.807, 2.05) is 27.1 Å². The van der Waals surface area contributed by atoms with Crippen LogP contribution in [0.3, 0.4) is 0 Å². The summed E-state index contributed by atoms with van der Waals surface area (Å²) in [5.41, 5.74) is 0.583. The first-order valence-electron chi connectivity index (χ1n) is 7.42. The second-order valence-corrected chi connectivity index (χ2v) is 7.03. The first-order valence-corrected chi connectivity index (χ1v) is 8.21. The Labute approximate surface area is 137 Å². The molecule has 2 aromatic heterocycles. The van der Waals surface area contributed by atoms with Crippen molar-refractivity contribution in [1.29, 1.82) is 0 Å². The predicted octanol–water partition coefficient (Wildman–Crippen LogP) is 3.18. The first-order chi connectivity index (χ1) is 10.5. The van der Waals surface area contributed by atoms with E-state index < -0.39 is 0 Å². The lowest BCUT2D eigenvalue weighted by atomic mass is 10.0. The molecule has 22 heavy (non-hydrogen) atoms. The van der Waals surface area contributed by atoms with Crippen LogP contribution in [0.2, 0.25) is 0 Å². The summed E-state index contributed by atoms with van der Waals surface area (Å²) in [5, 5.41) is 7.03. The van der Waals surface area contributed by atoms with E-state index in [0.717, 1.165) is 23.1 Å². The molecule has 1 saturated carbocycles. The Morgan fingerprint density at radius 1 is 1.50 bits per heavy atom. The van der Waals surface area contributed by atoms with Crippen molar-refractivity contribution >= 4 is 21.8 Å². The summed E-state index contributed by atoms with van der Waals surface area (Å²) in [7, 11) is 1.84. The number of nitrogens with zero attached hydrogens (tertiary/aromatic N) is 3. The van der Waals surface area contributed by atoms with E-state index in [4.69, 9.17) is 4.52 Å². The van der Waals surface area contributed by atoms with Crippen molar-refractivity contribution in [2.24, 2.45) is 13.0 Å². The standard InChI is InChI=1S/C15H19BrN4O2/c1-8(2)12(15-18-13(19-22-15)9-4-5-9)17-14(21)11-6-10(16)7-20(11)3/h6-9,12H,4-5H2,1-3H3,(H,17,21). The number of aryl methyl sites for hydroxylation is 1. The molecule has 1 aliphatic carbocycles. The molecule has 0 radical (unpaired) electrons. The van der Waals surface area contributed by atoms with Crippen molar-refractivity contribution in [1.82, 2.24) is 20.0 Å². The fourth-order valence-corrected chi connectivity index (χ4v) is 2.88. The Bertz CT molecular complexity index is 688. The third kappa shape index (κ3) is 3.09. The molecule has 0 spiro atoms. The van der Waals surface area contributed by atoms with E-state index in [2.05, 4.69) is 31.4 Å². The molecule has 118 valence electrons. The summed E-state index contributed by atoms with van der Waals surface area (Å²) in [6.07, 6.45) is 4.08. The highest BCUT2D eigenvalue weighted by atomic mass is 79.9. The highest BCUT2D eigenvalue weighted by molar-refractivity contribution is 9.10. The van der Waals surface area contributed by atoms with Crippen molar-refractivity contribution in [2.45, 2.75) is 38.6 Å². The molecule has 6 nitrogen and oxygen atoms in total. The van der Waals surface area contributed by atoms with Gasteiger partial charge in [-0.15, -0.1) is 0 Å². The maximum atomic E-state index is 12.5. The molecule has 0 bridgehead atoms. The number of aromatic nitrogens is 3. The maximum absolute atomic E-state index is 12.5. The Hall–Kier alpha value is -1.63. The van der Waals surface area contributed by atoms with Crippen molar-refractivity contribution in [3.05, 3.63) is 34.1 Å². The second kappa shape index (κ2) is 5.87. The van der Waals surface area contributed by atoms with Crippen LogP contribution in [0.1, 0.15) is 60.9 Å². The normalized spacial score (nSPS) is 16.0. The summed E-state index contributed by atoms with van der Waals surface area (Å²) >= 11 is 3.38. The van der Waals surface area contributed by atoms with Gasteiger partial charge in [0, 0.05) is 23.6 Å². The first kappa shape index (κ1) is 15.3. The minimum Gasteiger partial charge on any atom is -0.345 e. The molecule has 0 saturated heterocycles. The number of carbonyl (C=O) groups is 1. The zero-order valence-corrected chi connectivity index (χ0v) is 14.4. The molecule has 1 amide bonds. The van der Waals surface area contributed by atoms with Crippen LogP contribution in [0.15, 0.2) is 21.3 Å². The number of hydrogen-bond acceptors (Lipinski definition) is 4. The van der Waals surface area contributed by atoms with E-state index in [0.29, 0.717) is 17.5 Å². The van der Waals surface area contributed by atoms with Gasteiger partial charge >= 0.3 is 0 Å². The van der Waals surface area contributed by atoms with Crippen LogP contribution < -0.4 is 5.32 Å². The molecule has 2 heterocycles. The minimum atomic E-state index is -0.291. The molecular weight excluding hydrogens is 348 g/mol. The number of hydrogen-bond donors (Lipinski definition) is 1. The quantitative estimate of drug-likeness (QED) is 0.881. The van der Waals surface area contributed by atoms with Crippen LogP contribution in [0.4, 0.5) is 0 Å². The summed E-state index contributed by atoms with van der Waals surface area (Å²) < 4.78 is 8.02. The van der Waals surface area contributed by atoms with Crippen molar-refractivity contribution in [3.63, 3.8) is 0 Å². The molecule has 2 aromatic rings. The SMILES string of the molecule is CC(C)C(NC(=O)c1cc(Br)cn1C)c1nc(C2CC2)no1. The van der Waals surface area contributed by atoms with Gasteiger partial charge in [-0.3, -0.25) is 4.79 Å². The number of halogens is 1. The minimum absolute atomic E-state index is 0.153. The van der Waals surface area contributed by atoms with Crippen molar-refractivity contribution in [2.75, 3.05) is 0 Å². The van der Waals surface area contributed by atoms with Crippen molar-refractivity contribution < 1.29 is 9.32 Å². The predicted molar refractivity (Wildman–Crippen MR) is 84.4 cm³/mol. The van der Waals surface area contributed by atoms with Crippen LogP contribution in [0.5, 0.6) is 0 Å². The summed E-state index contributed by atoms with van der Waals surface area (Å²) in [5.74, 6) is 1.68. The van der Waals surface area contributed by atoms with Crippen LogP contribution in [-0.4, -0.2) is 20.6 Å². The average Bonchev–Trinajstić information content (AvgIpc) is 3.09. The van der Waals surface area contributed by atoms with E-state index in [-0.39, 0.29) is 17.9 Å². The zero-order chi connectivity index (χ0) is 15.9. The van der Waals surface area contributed by atoms with Crippen LogP contribution in [0.25, 0.3) is 0 Å². The van der Waals surface area contributed by atoms with E-state index in [1.165, 1.54) is 0 Å². The van der Waals surface area contributed by atoms with Gasteiger partial charge in [0.1, 0.15) is 11.7 Å². The molecule has 0 aliphatic heterocycles. The van der Waals surface area contributed by atoms with E-state index in [1.54, 1.807) is 10.6 Å². The molecule has 1 unspecified atom stereocenters. The van der Waals surface area contributed by atoms with Gasteiger partial charge in [0.25, 0.3) is 5.91 Å². The highest BCUT2D eigenvalue weighted by Gasteiger charge is 2.32. The fraction of sp³-hybridized carbons (Fsp3) is 0.533. The third-order valence-electron chi connectivity index (χ3n) is 3.82. The van der Waals surface area contributed by atoms with E-state index in [9.17, 15) is 4.79 Å². The van der Waals surface area contributed by atoms with Gasteiger partial charge in [-0.05, 0) is 40.8 Å². The highest BCUT2D eigenvalue weighted by Crippen LogP contribution is 2.38. The van der Waals surface area contributed by atoms with Gasteiger partial charge in [0.15, 0.2) is 5.82 Å². The van der Waals surface area contributed by atoms with Gasteiger partial charge in [-0.25, -0.2) is 0 Å². The molecule has 1 N–H and O–H groups in total. The monoisotopic (exact) mass is 366 g/mol. The van der Waals surface area contributed by atoms with Crippen LogP contribution in [-0.2, 0) is 7.05 Å². The average molecular weight is 367 g/mol. The van der Waals surface area contributed by atoms with Gasteiger partial charge < -0.3 is 14.4 Å². The Morgan fingerprint density at radius 3 is 2.77 bits per heavy atom. The summed E-state index contributed by atoms with van der Waals surface area (Å²) in [6, 6.07) is 1.50. The molecule has 7 heteroatoms. The van der Waals surface area contributed by atoms with Crippen molar-refractivity contribution in [3.8, 4) is 0 Å². The van der Waals surface area contributed by atoms with Gasteiger partial charge in [-0.2, -0.15) is 4.98 Å². The Balaban J connectivity index is 1.78. The maximum Gasteiger partial charge on any atom is 0.268 e. The topological polar surface area (TPSA) is 73.0 Å². The van der Waals surface area contributed by atoms with Gasteiger partial charge in [0.05, 0.1) is 0 Å². The fourth-order valence-electron chi connectivity index (χ4n) is 2.36. The number of carbonyl (C=O) groups excluding carboxylic acids is 1. The van der Waals surface area contributed by atoms with Crippen LogP contribution >= 0.6 is 15.9 Å². The van der Waals surface area contributed by atoms with Gasteiger partial charge in [0.2, 0.25) is 5.89 Å². The summed E-state index contributed by atoms with van der Waals surface area (Å²) in [4.78, 5) is 16.9. The lowest BCUT2D eigenvalue weighted by molar-refractivity contribution is 0.0905. The largest absolute Gasteiger partial charge is 0.345 e. The number of rotatable bonds is 5. The molecule has 1 atom stereocenters. The van der Waals surface area contributed by atoms with Crippen LogP contribution in [0, 0.1) is 5.92 Å². The Kier molecular flexibility index (Phi) is 4.08. The lowest BCUT2D eigenvalue weighted by Gasteiger charge is -2.18. The molecule has 1 aliphatic rings. The molecular formula is C15H19BrN4O2. The second-order valence-electron chi connectivity index (χ2n) is 6.11. The van der Waals surface area contributed by atoms with E-state index >= 15 is 0 Å². The summed E-state index contributed by atoms with van der Waals surface area (Å²) in [6.45, 7) is 4.04.